The maximum Gasteiger partial charge on any atom is 0.272 e. The predicted molar refractivity (Wildman–Crippen MR) is 62.9 cm³/mol. The molecule has 0 bridgehead atoms. The summed E-state index contributed by atoms with van der Waals surface area (Å²) in [4.78, 5) is 11.8. The molecule has 0 saturated carbocycles. The molecule has 0 aliphatic carbocycles. The zero-order chi connectivity index (χ0) is 13.0. The van der Waals surface area contributed by atoms with Gasteiger partial charge in [-0.2, -0.15) is 5.10 Å². The van der Waals surface area contributed by atoms with Gasteiger partial charge < -0.3 is 15.2 Å². The summed E-state index contributed by atoms with van der Waals surface area (Å²) in [6.07, 6.45) is 0. The lowest BCUT2D eigenvalue weighted by molar-refractivity contribution is 0.0891. The van der Waals surface area contributed by atoms with Gasteiger partial charge in [0.05, 0.1) is 19.8 Å². The molecule has 0 aromatic carbocycles. The van der Waals surface area contributed by atoms with Crippen LogP contribution >= 0.6 is 0 Å². The highest BCUT2D eigenvalue weighted by Crippen LogP contribution is 2.11. The van der Waals surface area contributed by atoms with Gasteiger partial charge in [-0.05, 0) is 5.92 Å². The number of aliphatic hydroxyl groups excluding tert-OH is 1. The van der Waals surface area contributed by atoms with E-state index in [9.17, 15) is 4.79 Å². The second-order valence-corrected chi connectivity index (χ2v) is 4.20. The third-order valence-corrected chi connectivity index (χ3v) is 2.60. The fourth-order valence-corrected chi connectivity index (χ4v) is 1.42. The zero-order valence-corrected chi connectivity index (χ0v) is 10.6. The lowest BCUT2D eigenvalue weighted by Crippen LogP contribution is -2.41. The molecule has 6 nitrogen and oxygen atoms in total. The van der Waals surface area contributed by atoms with Crippen molar-refractivity contribution in [1.29, 1.82) is 0 Å². The fourth-order valence-electron chi connectivity index (χ4n) is 1.42. The lowest BCUT2D eigenvalue weighted by Gasteiger charge is -2.18. The summed E-state index contributed by atoms with van der Waals surface area (Å²) in [5.74, 6) is 0.367. The number of carbonyl (C=O) groups is 1. The van der Waals surface area contributed by atoms with E-state index in [1.165, 1.54) is 11.8 Å². The van der Waals surface area contributed by atoms with E-state index < -0.39 is 0 Å². The first kappa shape index (κ1) is 13.5. The largest absolute Gasteiger partial charge is 0.481 e. The summed E-state index contributed by atoms with van der Waals surface area (Å²) in [7, 11) is 3.21. The number of nitrogens with one attached hydrogen (secondary N) is 1. The Balaban J connectivity index is 2.75. The van der Waals surface area contributed by atoms with Crippen LogP contribution in [0.1, 0.15) is 24.3 Å². The molecular formula is C11H19N3O3. The van der Waals surface area contributed by atoms with Crippen molar-refractivity contribution < 1.29 is 14.6 Å². The van der Waals surface area contributed by atoms with Crippen molar-refractivity contribution in [3.63, 3.8) is 0 Å². The standard InChI is InChI=1S/C11H19N3O3/c1-7(2)9(6-15)12-11(16)8-5-10(17-4)14(3)13-8/h5,7,9,15H,6H2,1-4H3,(H,12,16). The number of nitrogens with zero attached hydrogens (tertiary/aromatic N) is 2. The average Bonchev–Trinajstić information content (AvgIpc) is 2.66. The Hall–Kier alpha value is -1.56. The van der Waals surface area contributed by atoms with Crippen LogP contribution in [-0.2, 0) is 7.05 Å². The van der Waals surface area contributed by atoms with Gasteiger partial charge in [0.15, 0.2) is 5.69 Å². The average molecular weight is 241 g/mol. The molecule has 1 aromatic heterocycles. The van der Waals surface area contributed by atoms with Crippen LogP contribution in [-0.4, -0.2) is 40.6 Å². The monoisotopic (exact) mass is 241 g/mol. The van der Waals surface area contributed by atoms with Gasteiger partial charge in [0.1, 0.15) is 0 Å². The maximum absolute atomic E-state index is 11.8. The molecule has 0 aliphatic heterocycles. The minimum absolute atomic E-state index is 0.0899. The van der Waals surface area contributed by atoms with E-state index in [-0.39, 0.29) is 30.2 Å². The minimum Gasteiger partial charge on any atom is -0.481 e. The van der Waals surface area contributed by atoms with Crippen LogP contribution in [0.4, 0.5) is 0 Å². The number of aromatic nitrogens is 2. The molecule has 2 N–H and O–H groups in total. The van der Waals surface area contributed by atoms with Crippen molar-refractivity contribution in [2.24, 2.45) is 13.0 Å². The summed E-state index contributed by atoms with van der Waals surface area (Å²) >= 11 is 0. The molecule has 17 heavy (non-hydrogen) atoms. The zero-order valence-electron chi connectivity index (χ0n) is 10.6. The SMILES string of the molecule is COc1cc(C(=O)NC(CO)C(C)C)nn1C. The number of carbonyl (C=O) groups excluding carboxylic acids is 1. The van der Waals surface area contributed by atoms with Gasteiger partial charge in [0.2, 0.25) is 5.88 Å². The van der Waals surface area contributed by atoms with E-state index in [4.69, 9.17) is 9.84 Å². The van der Waals surface area contributed by atoms with E-state index in [2.05, 4.69) is 10.4 Å². The molecule has 0 radical (unpaired) electrons. The number of amides is 1. The maximum atomic E-state index is 11.8. The number of aryl methyl sites for hydroxylation is 1. The first-order chi connectivity index (χ1) is 7.99. The highest BCUT2D eigenvalue weighted by molar-refractivity contribution is 5.92. The van der Waals surface area contributed by atoms with Gasteiger partial charge in [0.25, 0.3) is 5.91 Å². The van der Waals surface area contributed by atoms with Crippen molar-refractivity contribution in [1.82, 2.24) is 15.1 Å². The van der Waals surface area contributed by atoms with E-state index in [1.54, 1.807) is 13.1 Å². The molecule has 0 saturated heterocycles. The molecule has 1 aromatic rings. The Morgan fingerprint density at radius 2 is 2.29 bits per heavy atom. The van der Waals surface area contributed by atoms with Crippen molar-refractivity contribution >= 4 is 5.91 Å². The van der Waals surface area contributed by atoms with E-state index in [1.807, 2.05) is 13.8 Å². The van der Waals surface area contributed by atoms with Crippen molar-refractivity contribution in [2.75, 3.05) is 13.7 Å². The van der Waals surface area contributed by atoms with E-state index >= 15 is 0 Å². The smallest absolute Gasteiger partial charge is 0.272 e. The van der Waals surface area contributed by atoms with Crippen LogP contribution in [0.2, 0.25) is 0 Å². The highest BCUT2D eigenvalue weighted by atomic mass is 16.5. The predicted octanol–water partition coefficient (Wildman–Crippen LogP) is 0.175. The van der Waals surface area contributed by atoms with Gasteiger partial charge in [-0.3, -0.25) is 4.79 Å². The van der Waals surface area contributed by atoms with Crippen LogP contribution in [0, 0.1) is 5.92 Å². The quantitative estimate of drug-likeness (QED) is 0.770. The number of ether oxygens (including phenoxy) is 1. The summed E-state index contributed by atoms with van der Waals surface area (Å²) in [6.45, 7) is 3.77. The Bertz CT molecular complexity index is 387. The Morgan fingerprint density at radius 1 is 1.65 bits per heavy atom. The van der Waals surface area contributed by atoms with Crippen LogP contribution < -0.4 is 10.1 Å². The molecule has 1 rings (SSSR count). The van der Waals surface area contributed by atoms with Crippen molar-refractivity contribution in [3.8, 4) is 5.88 Å². The highest BCUT2D eigenvalue weighted by Gasteiger charge is 2.19. The fraction of sp³-hybridized carbons (Fsp3) is 0.636. The molecule has 6 heteroatoms. The molecule has 0 fully saturated rings. The molecule has 1 atom stereocenters. The molecular weight excluding hydrogens is 222 g/mol. The minimum atomic E-state index is -0.309. The molecule has 0 spiro atoms. The summed E-state index contributed by atoms with van der Waals surface area (Å²) in [6, 6.07) is 1.29. The summed E-state index contributed by atoms with van der Waals surface area (Å²) in [5, 5.41) is 15.9. The van der Waals surface area contributed by atoms with Crippen LogP contribution in [0.3, 0.4) is 0 Å². The number of hydrogen-bond acceptors (Lipinski definition) is 4. The van der Waals surface area contributed by atoms with Crippen LogP contribution in [0.5, 0.6) is 5.88 Å². The topological polar surface area (TPSA) is 76.4 Å². The van der Waals surface area contributed by atoms with E-state index in [0.29, 0.717) is 5.88 Å². The van der Waals surface area contributed by atoms with Crippen LogP contribution in [0.25, 0.3) is 0 Å². The van der Waals surface area contributed by atoms with Gasteiger partial charge in [-0.1, -0.05) is 13.8 Å². The van der Waals surface area contributed by atoms with Gasteiger partial charge in [-0.15, -0.1) is 0 Å². The third-order valence-electron chi connectivity index (χ3n) is 2.60. The number of methoxy groups -OCH3 is 1. The normalized spacial score (nSPS) is 12.6. The molecule has 1 heterocycles. The van der Waals surface area contributed by atoms with E-state index in [0.717, 1.165) is 0 Å². The second-order valence-electron chi connectivity index (χ2n) is 4.20. The number of aliphatic hydroxyl groups is 1. The third kappa shape index (κ3) is 3.20. The van der Waals surface area contributed by atoms with Crippen molar-refractivity contribution in [2.45, 2.75) is 19.9 Å². The molecule has 96 valence electrons. The van der Waals surface area contributed by atoms with Crippen LogP contribution in [0.15, 0.2) is 6.07 Å². The molecule has 1 unspecified atom stereocenters. The van der Waals surface area contributed by atoms with Gasteiger partial charge >= 0.3 is 0 Å². The summed E-state index contributed by atoms with van der Waals surface area (Å²) < 4.78 is 6.51. The number of rotatable bonds is 5. The molecule has 1 amide bonds. The Labute approximate surface area is 101 Å². The number of hydrogen-bond donors (Lipinski definition) is 2. The Morgan fingerprint density at radius 3 is 2.71 bits per heavy atom. The Kier molecular flexibility index (Phi) is 4.51. The summed E-state index contributed by atoms with van der Waals surface area (Å²) in [5.41, 5.74) is 0.281. The first-order valence-corrected chi connectivity index (χ1v) is 5.49. The van der Waals surface area contributed by atoms with Crippen molar-refractivity contribution in [3.05, 3.63) is 11.8 Å². The lowest BCUT2D eigenvalue weighted by atomic mass is 10.1. The van der Waals surface area contributed by atoms with Gasteiger partial charge in [-0.25, -0.2) is 4.68 Å². The second kappa shape index (κ2) is 5.67. The van der Waals surface area contributed by atoms with Gasteiger partial charge in [0, 0.05) is 13.1 Å². The molecule has 0 aliphatic rings. The first-order valence-electron chi connectivity index (χ1n) is 5.49.